The van der Waals surface area contributed by atoms with E-state index in [1.807, 2.05) is 0 Å². The number of rotatable bonds is 9. The lowest BCUT2D eigenvalue weighted by Crippen LogP contribution is -2.26. The second-order valence-corrected chi connectivity index (χ2v) is 6.34. The first kappa shape index (κ1) is 15.9. The number of nitriles is 1. The van der Waals surface area contributed by atoms with E-state index in [0.29, 0.717) is 11.4 Å². The summed E-state index contributed by atoms with van der Waals surface area (Å²) in [5.41, 5.74) is 0. The van der Waals surface area contributed by atoms with Gasteiger partial charge in [-0.15, -0.1) is 0 Å². The maximum atomic E-state index is 8.69. The van der Waals surface area contributed by atoms with Crippen LogP contribution in [0.5, 0.6) is 0 Å². The third-order valence-corrected chi connectivity index (χ3v) is 4.54. The number of thiocyanates is 1. The van der Waals surface area contributed by atoms with Gasteiger partial charge in [-0.3, -0.25) is 0 Å². The van der Waals surface area contributed by atoms with Gasteiger partial charge >= 0.3 is 0 Å². The van der Waals surface area contributed by atoms with Crippen LogP contribution in [0.25, 0.3) is 0 Å². The lowest BCUT2D eigenvalue weighted by atomic mass is 10.0. The summed E-state index contributed by atoms with van der Waals surface area (Å²) in [6.45, 7) is 3.11. The maximum Gasteiger partial charge on any atom is 0.133 e. The Morgan fingerprint density at radius 2 is 1.89 bits per heavy atom. The Morgan fingerprint density at radius 1 is 1.17 bits per heavy atom. The van der Waals surface area contributed by atoms with Gasteiger partial charge < -0.3 is 4.74 Å². The molecule has 0 unspecified atom stereocenters. The van der Waals surface area contributed by atoms with Crippen molar-refractivity contribution in [3.63, 3.8) is 0 Å². The summed E-state index contributed by atoms with van der Waals surface area (Å²) in [7, 11) is 0. The molecule has 18 heavy (non-hydrogen) atoms. The summed E-state index contributed by atoms with van der Waals surface area (Å²) in [5, 5.41) is 11.4. The zero-order valence-electron chi connectivity index (χ0n) is 11.7. The molecule has 1 fully saturated rings. The van der Waals surface area contributed by atoms with Crippen LogP contribution in [0, 0.1) is 10.7 Å². The van der Waals surface area contributed by atoms with E-state index in [-0.39, 0.29) is 0 Å². The van der Waals surface area contributed by atoms with Crippen LogP contribution in [0.1, 0.15) is 71.1 Å². The molecule has 0 spiro atoms. The van der Waals surface area contributed by atoms with Crippen LogP contribution in [0.15, 0.2) is 0 Å². The molecule has 1 heterocycles. The highest BCUT2D eigenvalue weighted by atomic mass is 32.2. The second kappa shape index (κ2) is 10.7. The topological polar surface area (TPSA) is 33.0 Å². The summed E-state index contributed by atoms with van der Waals surface area (Å²) in [4.78, 5) is 0. The van der Waals surface area contributed by atoms with Crippen LogP contribution in [0.3, 0.4) is 0 Å². The fourth-order valence-electron chi connectivity index (χ4n) is 2.56. The van der Waals surface area contributed by atoms with E-state index in [1.54, 1.807) is 0 Å². The Labute approximate surface area is 116 Å². The van der Waals surface area contributed by atoms with Crippen LogP contribution in [0.2, 0.25) is 0 Å². The van der Waals surface area contributed by atoms with E-state index in [4.69, 9.17) is 10.00 Å². The van der Waals surface area contributed by atoms with E-state index < -0.39 is 0 Å². The lowest BCUT2D eigenvalue weighted by Gasteiger charge is -2.27. The number of thioether (sulfide) groups is 1. The summed E-state index contributed by atoms with van der Waals surface area (Å²) in [6, 6.07) is 0. The van der Waals surface area contributed by atoms with Crippen molar-refractivity contribution in [2.75, 3.05) is 6.61 Å². The van der Waals surface area contributed by atoms with Crippen molar-refractivity contribution in [1.29, 1.82) is 5.26 Å². The summed E-state index contributed by atoms with van der Waals surface area (Å²) in [5.74, 6) is 0. The molecule has 2 nitrogen and oxygen atoms in total. The predicted octanol–water partition coefficient (Wildman–Crippen LogP) is 4.89. The first-order valence-electron chi connectivity index (χ1n) is 7.53. The Kier molecular flexibility index (Phi) is 9.42. The van der Waals surface area contributed by atoms with Gasteiger partial charge in [-0.25, -0.2) is 0 Å². The summed E-state index contributed by atoms with van der Waals surface area (Å²) >= 11 is 1.43. The van der Waals surface area contributed by atoms with Crippen LogP contribution in [-0.4, -0.2) is 18.0 Å². The van der Waals surface area contributed by atoms with Gasteiger partial charge in [0.15, 0.2) is 0 Å². The van der Waals surface area contributed by atoms with E-state index >= 15 is 0 Å². The van der Waals surface area contributed by atoms with Crippen LogP contribution in [0.4, 0.5) is 0 Å². The molecule has 1 aliphatic rings. The van der Waals surface area contributed by atoms with Gasteiger partial charge in [0.2, 0.25) is 0 Å². The SMILES string of the molecule is CCCCCCCCC[C@H]1C[C@@H](SC#N)CCO1. The highest BCUT2D eigenvalue weighted by Crippen LogP contribution is 2.27. The van der Waals surface area contributed by atoms with E-state index in [9.17, 15) is 0 Å². The van der Waals surface area contributed by atoms with Gasteiger partial charge in [0.25, 0.3) is 0 Å². The zero-order chi connectivity index (χ0) is 13.1. The highest BCUT2D eigenvalue weighted by molar-refractivity contribution is 8.04. The van der Waals surface area contributed by atoms with E-state index in [2.05, 4.69) is 12.3 Å². The van der Waals surface area contributed by atoms with E-state index in [1.165, 1.54) is 63.1 Å². The van der Waals surface area contributed by atoms with Gasteiger partial charge in [0.05, 0.1) is 6.10 Å². The van der Waals surface area contributed by atoms with Crippen LogP contribution >= 0.6 is 11.8 Å². The van der Waals surface area contributed by atoms with Gasteiger partial charge in [0, 0.05) is 11.9 Å². The molecule has 0 aromatic heterocycles. The quantitative estimate of drug-likeness (QED) is 0.441. The number of nitrogens with zero attached hydrogens (tertiary/aromatic N) is 1. The molecule has 0 radical (unpaired) electrons. The van der Waals surface area contributed by atoms with Crippen molar-refractivity contribution in [3.8, 4) is 5.40 Å². The van der Waals surface area contributed by atoms with Gasteiger partial charge in [0.1, 0.15) is 5.40 Å². The minimum absolute atomic E-state index is 0.417. The highest BCUT2D eigenvalue weighted by Gasteiger charge is 2.22. The Hall–Kier alpha value is -0.200. The number of hydrogen-bond acceptors (Lipinski definition) is 3. The average Bonchev–Trinajstić information content (AvgIpc) is 2.39. The molecule has 1 rings (SSSR count). The Balaban J connectivity index is 1.96. The van der Waals surface area contributed by atoms with Crippen LogP contribution < -0.4 is 0 Å². The molecule has 0 amide bonds. The normalized spacial score (nSPS) is 23.8. The molecular formula is C15H27NOS. The fourth-order valence-corrected chi connectivity index (χ4v) is 3.23. The molecule has 104 valence electrons. The molecule has 1 saturated heterocycles. The van der Waals surface area contributed by atoms with Crippen molar-refractivity contribution in [3.05, 3.63) is 0 Å². The fraction of sp³-hybridized carbons (Fsp3) is 0.933. The van der Waals surface area contributed by atoms with E-state index in [0.717, 1.165) is 19.4 Å². The third-order valence-electron chi connectivity index (χ3n) is 3.67. The number of hydrogen-bond donors (Lipinski definition) is 0. The molecule has 3 heteroatoms. The smallest absolute Gasteiger partial charge is 0.133 e. The lowest BCUT2D eigenvalue weighted by molar-refractivity contribution is 0.0126. The minimum atomic E-state index is 0.417. The summed E-state index contributed by atoms with van der Waals surface area (Å²) in [6.07, 6.45) is 13.3. The standard InChI is InChI=1S/C15H27NOS/c1-2-3-4-5-6-7-8-9-14-12-15(18-13-16)10-11-17-14/h14-15H,2-12H2,1H3/t14-,15-/m0/s1. The molecule has 0 aromatic carbocycles. The first-order chi connectivity index (χ1) is 8.86. The third kappa shape index (κ3) is 7.28. The molecule has 0 bridgehead atoms. The van der Waals surface area contributed by atoms with Crippen molar-refractivity contribution in [2.24, 2.45) is 0 Å². The average molecular weight is 269 g/mol. The minimum Gasteiger partial charge on any atom is -0.378 e. The molecule has 0 N–H and O–H groups in total. The van der Waals surface area contributed by atoms with Crippen LogP contribution in [-0.2, 0) is 4.74 Å². The van der Waals surface area contributed by atoms with Crippen molar-refractivity contribution < 1.29 is 4.74 Å². The first-order valence-corrected chi connectivity index (χ1v) is 8.41. The molecule has 2 atom stereocenters. The number of unbranched alkanes of at least 4 members (excludes halogenated alkanes) is 6. The van der Waals surface area contributed by atoms with Crippen molar-refractivity contribution >= 4 is 11.8 Å². The Morgan fingerprint density at radius 3 is 2.61 bits per heavy atom. The van der Waals surface area contributed by atoms with Gasteiger partial charge in [-0.1, -0.05) is 51.9 Å². The van der Waals surface area contributed by atoms with Crippen molar-refractivity contribution in [1.82, 2.24) is 0 Å². The largest absolute Gasteiger partial charge is 0.378 e. The van der Waals surface area contributed by atoms with Gasteiger partial charge in [-0.2, -0.15) is 5.26 Å². The maximum absolute atomic E-state index is 8.69. The molecular weight excluding hydrogens is 242 g/mol. The van der Waals surface area contributed by atoms with Gasteiger partial charge in [-0.05, 0) is 31.0 Å². The predicted molar refractivity (Wildman–Crippen MR) is 78.6 cm³/mol. The monoisotopic (exact) mass is 269 g/mol. The zero-order valence-corrected chi connectivity index (χ0v) is 12.5. The molecule has 0 aliphatic carbocycles. The Bertz CT molecular complexity index is 239. The second-order valence-electron chi connectivity index (χ2n) is 5.26. The molecule has 0 saturated carbocycles. The molecule has 0 aromatic rings. The van der Waals surface area contributed by atoms with Crippen molar-refractivity contribution in [2.45, 2.75) is 82.5 Å². The molecule has 1 aliphatic heterocycles. The number of ether oxygens (including phenoxy) is 1. The summed E-state index contributed by atoms with van der Waals surface area (Å²) < 4.78 is 5.78.